The minimum atomic E-state index is 0.638. The summed E-state index contributed by atoms with van der Waals surface area (Å²) in [4.78, 5) is 15.6. The van der Waals surface area contributed by atoms with Crippen molar-refractivity contribution in [2.24, 2.45) is 0 Å². The molecular formula is C57H35N5S. The van der Waals surface area contributed by atoms with Gasteiger partial charge in [-0.05, 0) is 53.6 Å². The van der Waals surface area contributed by atoms with Gasteiger partial charge in [-0.25, -0.2) is 15.0 Å². The van der Waals surface area contributed by atoms with E-state index in [9.17, 15) is 0 Å². The predicted octanol–water partition coefficient (Wildman–Crippen LogP) is 15.1. The monoisotopic (exact) mass is 821 g/mol. The lowest BCUT2D eigenvalue weighted by Gasteiger charge is -2.14. The summed E-state index contributed by atoms with van der Waals surface area (Å²) in [5.74, 6) is 1.93. The van der Waals surface area contributed by atoms with Gasteiger partial charge in [0.2, 0.25) is 0 Å². The van der Waals surface area contributed by atoms with Crippen LogP contribution in [0.1, 0.15) is 0 Å². The molecule has 0 fully saturated rings. The highest BCUT2D eigenvalue weighted by Gasteiger charge is 2.24. The molecule has 13 aromatic rings. The van der Waals surface area contributed by atoms with Gasteiger partial charge in [0.1, 0.15) is 0 Å². The topological polar surface area (TPSA) is 48.5 Å². The first-order valence-corrected chi connectivity index (χ1v) is 22.0. The Morgan fingerprint density at radius 3 is 1.57 bits per heavy atom. The van der Waals surface area contributed by atoms with E-state index in [-0.39, 0.29) is 0 Å². The fourth-order valence-corrected chi connectivity index (χ4v) is 10.9. The van der Waals surface area contributed by atoms with Gasteiger partial charge in [0, 0.05) is 59.4 Å². The van der Waals surface area contributed by atoms with Gasteiger partial charge in [0.25, 0.3) is 0 Å². The summed E-state index contributed by atoms with van der Waals surface area (Å²) < 4.78 is 7.30. The number of nitrogens with zero attached hydrogens (tertiary/aromatic N) is 5. The van der Waals surface area contributed by atoms with Gasteiger partial charge < -0.3 is 9.13 Å². The van der Waals surface area contributed by atoms with Crippen molar-refractivity contribution in [3.05, 3.63) is 212 Å². The summed E-state index contributed by atoms with van der Waals surface area (Å²) in [6.07, 6.45) is 0. The van der Waals surface area contributed by atoms with E-state index in [1.807, 2.05) is 35.6 Å². The van der Waals surface area contributed by atoms with E-state index < -0.39 is 0 Å². The van der Waals surface area contributed by atoms with Crippen LogP contribution in [0.15, 0.2) is 212 Å². The number of hydrogen-bond acceptors (Lipinski definition) is 4. The van der Waals surface area contributed by atoms with E-state index in [2.05, 4.69) is 197 Å². The molecule has 0 atom stereocenters. The van der Waals surface area contributed by atoms with Crippen molar-refractivity contribution in [2.45, 2.75) is 0 Å². The number of fused-ring (bicyclic) bond motifs is 10. The first kappa shape index (κ1) is 35.6. The van der Waals surface area contributed by atoms with E-state index >= 15 is 0 Å². The van der Waals surface area contributed by atoms with Crippen molar-refractivity contribution in [1.29, 1.82) is 0 Å². The molecule has 0 bridgehead atoms. The lowest BCUT2D eigenvalue weighted by molar-refractivity contribution is 1.08. The summed E-state index contributed by atoms with van der Waals surface area (Å²) in [7, 11) is 0. The molecule has 6 heteroatoms. The third kappa shape index (κ3) is 5.59. The third-order valence-electron chi connectivity index (χ3n) is 12.4. The maximum atomic E-state index is 5.28. The minimum absolute atomic E-state index is 0.638. The van der Waals surface area contributed by atoms with Crippen molar-refractivity contribution >= 4 is 75.1 Å². The quantitative estimate of drug-likeness (QED) is 0.168. The van der Waals surface area contributed by atoms with Gasteiger partial charge in [-0.15, -0.1) is 11.3 Å². The molecule has 0 saturated heterocycles. The molecule has 4 aromatic heterocycles. The largest absolute Gasteiger partial charge is 0.307 e. The average Bonchev–Trinajstić information content (AvgIpc) is 4.03. The van der Waals surface area contributed by atoms with Crippen LogP contribution in [-0.2, 0) is 0 Å². The molecule has 9 aromatic carbocycles. The molecule has 5 nitrogen and oxygen atoms in total. The lowest BCUT2D eigenvalue weighted by atomic mass is 10.0. The van der Waals surface area contributed by atoms with Crippen LogP contribution in [0, 0.1) is 0 Å². The highest BCUT2D eigenvalue weighted by molar-refractivity contribution is 7.27. The Morgan fingerprint density at radius 2 is 0.825 bits per heavy atom. The highest BCUT2D eigenvalue weighted by Crippen LogP contribution is 2.47. The number of benzene rings is 9. The molecule has 0 aliphatic rings. The van der Waals surface area contributed by atoms with Crippen LogP contribution in [0.25, 0.3) is 120 Å². The molecule has 63 heavy (non-hydrogen) atoms. The van der Waals surface area contributed by atoms with Crippen molar-refractivity contribution in [3.63, 3.8) is 0 Å². The standard InChI is InChI=1S/C57H35N5S/c1-4-17-36(18-5-1)38-21-14-22-39(35-38)56-58-55(37-19-6-2-7-20-37)59-57(60-56)47-29-15-28-45-46-34-33-44-43-27-16-32-50(62-48-30-12-10-25-41(48)42-26-11-13-31-49(42)62)51(43)61(40-23-8-3-9-24-40)52(44)54(46)63-53(45)47/h1-35H. The van der Waals surface area contributed by atoms with Crippen LogP contribution >= 0.6 is 11.3 Å². The van der Waals surface area contributed by atoms with Gasteiger partial charge in [-0.3, -0.25) is 0 Å². The Kier molecular flexibility index (Phi) is 8.01. The fraction of sp³-hybridized carbons (Fsp3) is 0. The Labute approximate surface area is 366 Å². The zero-order valence-electron chi connectivity index (χ0n) is 33.9. The summed E-state index contributed by atoms with van der Waals surface area (Å²) >= 11 is 1.82. The van der Waals surface area contributed by atoms with Crippen LogP contribution in [0.5, 0.6) is 0 Å². The fourth-order valence-electron chi connectivity index (χ4n) is 9.57. The van der Waals surface area contributed by atoms with Gasteiger partial charge in [-0.2, -0.15) is 0 Å². The van der Waals surface area contributed by atoms with E-state index in [4.69, 9.17) is 15.0 Å². The molecule has 0 amide bonds. The Bertz CT molecular complexity index is 3850. The maximum Gasteiger partial charge on any atom is 0.165 e. The SMILES string of the molecule is c1ccc(-c2cccc(-c3nc(-c4ccccc4)nc(-c4cccc5c4sc4c5ccc5c6cccc(-n7c8ccccc8c8ccccc87)c6n(-c6ccccc6)c54)n3)c2)cc1. The van der Waals surface area contributed by atoms with Gasteiger partial charge in [0.15, 0.2) is 17.5 Å². The molecule has 0 spiro atoms. The average molecular weight is 822 g/mol. The Hall–Kier alpha value is -8.19. The molecule has 0 unspecified atom stereocenters. The van der Waals surface area contributed by atoms with E-state index in [0.717, 1.165) is 43.9 Å². The summed E-state index contributed by atoms with van der Waals surface area (Å²) in [6, 6.07) is 75.4. The summed E-state index contributed by atoms with van der Waals surface area (Å²) in [5.41, 5.74) is 12.1. The smallest absolute Gasteiger partial charge is 0.165 e. The second kappa shape index (κ2) is 14.2. The molecule has 4 heterocycles. The Morgan fingerprint density at radius 1 is 0.317 bits per heavy atom. The van der Waals surface area contributed by atoms with Crippen LogP contribution in [-0.4, -0.2) is 24.1 Å². The summed E-state index contributed by atoms with van der Waals surface area (Å²) in [6.45, 7) is 0. The van der Waals surface area contributed by atoms with Crippen molar-refractivity contribution in [1.82, 2.24) is 24.1 Å². The van der Waals surface area contributed by atoms with Gasteiger partial charge >= 0.3 is 0 Å². The second-order valence-electron chi connectivity index (χ2n) is 16.0. The molecule has 0 aliphatic carbocycles. The Balaban J connectivity index is 1.08. The minimum Gasteiger partial charge on any atom is -0.307 e. The number of aromatic nitrogens is 5. The molecule has 0 aliphatic heterocycles. The third-order valence-corrected chi connectivity index (χ3v) is 13.6. The van der Waals surface area contributed by atoms with Crippen molar-refractivity contribution in [2.75, 3.05) is 0 Å². The van der Waals surface area contributed by atoms with Gasteiger partial charge in [0.05, 0.1) is 32.5 Å². The lowest BCUT2D eigenvalue weighted by Crippen LogP contribution is -2.00. The summed E-state index contributed by atoms with van der Waals surface area (Å²) in [5, 5.41) is 7.29. The van der Waals surface area contributed by atoms with Crippen LogP contribution < -0.4 is 0 Å². The van der Waals surface area contributed by atoms with E-state index in [1.165, 1.54) is 59.1 Å². The number of hydrogen-bond donors (Lipinski definition) is 0. The predicted molar refractivity (Wildman–Crippen MR) is 263 cm³/mol. The zero-order chi connectivity index (χ0) is 41.4. The zero-order valence-corrected chi connectivity index (χ0v) is 34.7. The van der Waals surface area contributed by atoms with Crippen molar-refractivity contribution < 1.29 is 0 Å². The first-order chi connectivity index (χ1) is 31.3. The molecule has 294 valence electrons. The van der Waals surface area contributed by atoms with E-state index in [0.29, 0.717) is 17.5 Å². The first-order valence-electron chi connectivity index (χ1n) is 21.2. The van der Waals surface area contributed by atoms with E-state index in [1.54, 1.807) is 0 Å². The molecule has 0 N–H and O–H groups in total. The number of rotatable bonds is 6. The second-order valence-corrected chi connectivity index (χ2v) is 17.0. The highest BCUT2D eigenvalue weighted by atomic mass is 32.1. The number of para-hydroxylation sites is 4. The van der Waals surface area contributed by atoms with Crippen LogP contribution in [0.2, 0.25) is 0 Å². The maximum absolute atomic E-state index is 5.28. The number of thiophene rings is 1. The normalized spacial score (nSPS) is 11.8. The molecule has 13 rings (SSSR count). The van der Waals surface area contributed by atoms with Gasteiger partial charge in [-0.1, -0.05) is 170 Å². The molecule has 0 radical (unpaired) electrons. The molecular weight excluding hydrogens is 787 g/mol. The van der Waals surface area contributed by atoms with Crippen LogP contribution in [0.4, 0.5) is 0 Å². The van der Waals surface area contributed by atoms with Crippen molar-refractivity contribution in [3.8, 4) is 56.7 Å². The van der Waals surface area contributed by atoms with Crippen LogP contribution in [0.3, 0.4) is 0 Å². The molecule has 0 saturated carbocycles.